The fourth-order valence-electron chi connectivity index (χ4n) is 3.30. The highest BCUT2D eigenvalue weighted by Crippen LogP contribution is 2.45. The number of alkyl halides is 3. The minimum Gasteiger partial charge on any atom is -0.495 e. The second-order valence-corrected chi connectivity index (χ2v) is 7.76. The summed E-state index contributed by atoms with van der Waals surface area (Å²) in [4.78, 5) is 28.9. The van der Waals surface area contributed by atoms with Crippen LogP contribution in [0.1, 0.15) is 5.69 Å². The van der Waals surface area contributed by atoms with Crippen molar-refractivity contribution in [1.82, 2.24) is 14.9 Å². The van der Waals surface area contributed by atoms with Crippen LogP contribution in [0.4, 0.5) is 13.2 Å². The first-order valence-corrected chi connectivity index (χ1v) is 10.4. The van der Waals surface area contributed by atoms with Crippen molar-refractivity contribution in [2.75, 3.05) is 14.2 Å². The monoisotopic (exact) mass is 515 g/mol. The molecule has 2 aromatic heterocycles. The zero-order valence-electron chi connectivity index (χ0n) is 17.9. The summed E-state index contributed by atoms with van der Waals surface area (Å²) in [5.74, 6) is -0.251. The number of methoxy groups -OCH3 is 2. The number of carbonyl (C=O) groups excluding carboxylic acids is 1. The van der Waals surface area contributed by atoms with Crippen LogP contribution in [0, 0.1) is 0 Å². The van der Waals surface area contributed by atoms with Gasteiger partial charge in [-0.1, -0.05) is 29.8 Å². The van der Waals surface area contributed by atoms with E-state index in [2.05, 4.69) is 16.9 Å². The van der Waals surface area contributed by atoms with Crippen molar-refractivity contribution < 1.29 is 27.4 Å². The first kappa shape index (κ1) is 25.4. The van der Waals surface area contributed by atoms with Gasteiger partial charge in [-0.15, -0.1) is 0 Å². The lowest BCUT2D eigenvalue weighted by Gasteiger charge is -2.18. The Bertz CT molecular complexity index is 1310. The SMILES string of the molecule is C=CC(=O)NCc1cc2c(cn1)cc(-c1c(Cl)c(OC)cc(OC)c1Cl)c(=O)n2CC(F)(F)F. The number of halogens is 5. The molecule has 12 heteroatoms. The van der Waals surface area contributed by atoms with Crippen molar-refractivity contribution in [3.05, 3.63) is 63.1 Å². The van der Waals surface area contributed by atoms with Crippen molar-refractivity contribution in [1.29, 1.82) is 0 Å². The van der Waals surface area contributed by atoms with Gasteiger partial charge < -0.3 is 14.8 Å². The van der Waals surface area contributed by atoms with Crippen molar-refractivity contribution in [2.45, 2.75) is 19.3 Å². The molecule has 0 radical (unpaired) electrons. The Labute approximate surface area is 201 Å². The van der Waals surface area contributed by atoms with Crippen LogP contribution in [0.5, 0.6) is 11.5 Å². The molecule has 0 unspecified atom stereocenters. The van der Waals surface area contributed by atoms with E-state index in [0.717, 1.165) is 6.08 Å². The van der Waals surface area contributed by atoms with E-state index in [1.165, 1.54) is 38.6 Å². The van der Waals surface area contributed by atoms with Gasteiger partial charge in [0.25, 0.3) is 5.56 Å². The Morgan fingerprint density at radius 1 is 1.18 bits per heavy atom. The fraction of sp³-hybridized carbons (Fsp3) is 0.227. The predicted molar refractivity (Wildman–Crippen MR) is 123 cm³/mol. The molecule has 0 spiro atoms. The number of hydrogen-bond acceptors (Lipinski definition) is 5. The van der Waals surface area contributed by atoms with Crippen molar-refractivity contribution in [3.63, 3.8) is 0 Å². The number of pyridine rings is 2. The molecule has 0 atom stereocenters. The van der Waals surface area contributed by atoms with Gasteiger partial charge in [0.2, 0.25) is 5.91 Å². The summed E-state index contributed by atoms with van der Waals surface area (Å²) < 4.78 is 51.3. The Balaban J connectivity index is 2.32. The number of nitrogens with one attached hydrogen (secondary N) is 1. The van der Waals surface area contributed by atoms with E-state index in [0.29, 0.717) is 4.57 Å². The van der Waals surface area contributed by atoms with Crippen LogP contribution in [0.25, 0.3) is 22.0 Å². The molecule has 0 saturated carbocycles. The van der Waals surface area contributed by atoms with Crippen LogP contribution in [0.15, 0.2) is 41.8 Å². The number of hydrogen-bond donors (Lipinski definition) is 1. The van der Waals surface area contributed by atoms with Crippen LogP contribution in [0.2, 0.25) is 10.0 Å². The van der Waals surface area contributed by atoms with Crippen LogP contribution in [0.3, 0.4) is 0 Å². The zero-order chi connectivity index (χ0) is 25.2. The molecule has 0 aliphatic rings. The molecule has 1 amide bonds. The maximum Gasteiger partial charge on any atom is 0.406 e. The van der Waals surface area contributed by atoms with Crippen LogP contribution < -0.4 is 20.3 Å². The number of fused-ring (bicyclic) bond motifs is 1. The predicted octanol–water partition coefficient (Wildman–Crippen LogP) is 4.75. The van der Waals surface area contributed by atoms with Crippen LogP contribution in [-0.4, -0.2) is 35.9 Å². The average Bonchev–Trinajstić information content (AvgIpc) is 2.79. The molecule has 3 aromatic rings. The fourth-order valence-corrected chi connectivity index (χ4v) is 4.00. The topological polar surface area (TPSA) is 82.5 Å². The molecule has 34 heavy (non-hydrogen) atoms. The number of aromatic nitrogens is 2. The molecule has 1 aromatic carbocycles. The third kappa shape index (κ3) is 5.13. The lowest BCUT2D eigenvalue weighted by atomic mass is 10.0. The molecule has 0 aliphatic heterocycles. The van der Waals surface area contributed by atoms with Gasteiger partial charge in [-0.3, -0.25) is 19.1 Å². The van der Waals surface area contributed by atoms with E-state index in [9.17, 15) is 22.8 Å². The molecular weight excluding hydrogens is 498 g/mol. The summed E-state index contributed by atoms with van der Waals surface area (Å²) in [6, 6.07) is 4.04. The third-order valence-corrected chi connectivity index (χ3v) is 5.59. The lowest BCUT2D eigenvalue weighted by molar-refractivity contribution is -0.140. The highest BCUT2D eigenvalue weighted by atomic mass is 35.5. The van der Waals surface area contributed by atoms with Gasteiger partial charge >= 0.3 is 6.18 Å². The van der Waals surface area contributed by atoms with Crippen molar-refractivity contribution in [3.8, 4) is 22.6 Å². The third-order valence-electron chi connectivity index (χ3n) is 4.84. The van der Waals surface area contributed by atoms with Gasteiger partial charge in [0, 0.05) is 23.2 Å². The highest BCUT2D eigenvalue weighted by Gasteiger charge is 2.31. The minimum atomic E-state index is -4.71. The average molecular weight is 516 g/mol. The van der Waals surface area contributed by atoms with E-state index < -0.39 is 24.2 Å². The summed E-state index contributed by atoms with van der Waals surface area (Å²) in [6.45, 7) is 1.67. The second kappa shape index (κ2) is 9.94. The van der Waals surface area contributed by atoms with E-state index >= 15 is 0 Å². The summed E-state index contributed by atoms with van der Waals surface area (Å²) in [7, 11) is 2.66. The number of amides is 1. The maximum absolute atomic E-state index is 13.4. The molecule has 180 valence electrons. The number of benzene rings is 1. The zero-order valence-corrected chi connectivity index (χ0v) is 19.4. The van der Waals surface area contributed by atoms with Gasteiger partial charge in [-0.05, 0) is 18.2 Å². The van der Waals surface area contributed by atoms with Gasteiger partial charge in [0.15, 0.2) is 0 Å². The Hall–Kier alpha value is -3.24. The molecule has 3 rings (SSSR count). The molecular formula is C22H18Cl2F3N3O4. The molecule has 0 fully saturated rings. The van der Waals surface area contributed by atoms with Crippen LogP contribution >= 0.6 is 23.2 Å². The van der Waals surface area contributed by atoms with Crippen molar-refractivity contribution in [2.24, 2.45) is 0 Å². The largest absolute Gasteiger partial charge is 0.495 e. The molecule has 0 aliphatic carbocycles. The number of ether oxygens (including phenoxy) is 2. The normalized spacial score (nSPS) is 11.4. The molecule has 1 N–H and O–H groups in total. The summed E-state index contributed by atoms with van der Waals surface area (Å²) >= 11 is 12.8. The van der Waals surface area contributed by atoms with Gasteiger partial charge in [-0.2, -0.15) is 13.2 Å². The summed E-state index contributed by atoms with van der Waals surface area (Å²) in [5, 5.41) is 2.56. The second-order valence-electron chi connectivity index (χ2n) is 7.00. The summed E-state index contributed by atoms with van der Waals surface area (Å²) in [6.07, 6.45) is -2.38. The van der Waals surface area contributed by atoms with E-state index in [1.807, 2.05) is 0 Å². The standard InChI is InChI=1S/C22H18Cl2F3N3O4/c1-4-17(31)29-9-12-6-14-11(8-28-12)5-13(21(32)30(14)10-22(25,26)27)18-19(23)15(33-2)7-16(34-3)20(18)24/h4-8H,1,9-10H2,2-3H3,(H,29,31). The quantitative estimate of drug-likeness (QED) is 0.459. The Morgan fingerprint density at radius 2 is 1.79 bits per heavy atom. The minimum absolute atomic E-state index is 0.0361. The Kier molecular flexibility index (Phi) is 7.42. The summed E-state index contributed by atoms with van der Waals surface area (Å²) in [5.41, 5.74) is -1.02. The number of rotatable bonds is 7. The van der Waals surface area contributed by atoms with Gasteiger partial charge in [-0.25, -0.2) is 0 Å². The number of nitrogens with zero attached hydrogens (tertiary/aromatic N) is 2. The van der Waals surface area contributed by atoms with Crippen molar-refractivity contribution >= 4 is 40.0 Å². The highest BCUT2D eigenvalue weighted by molar-refractivity contribution is 6.41. The lowest BCUT2D eigenvalue weighted by Crippen LogP contribution is -2.30. The molecule has 7 nitrogen and oxygen atoms in total. The van der Waals surface area contributed by atoms with E-state index in [1.54, 1.807) is 0 Å². The molecule has 0 bridgehead atoms. The van der Waals surface area contributed by atoms with Gasteiger partial charge in [0.1, 0.15) is 18.0 Å². The molecule has 0 saturated heterocycles. The van der Waals surface area contributed by atoms with E-state index in [-0.39, 0.29) is 55.8 Å². The maximum atomic E-state index is 13.4. The number of carbonyl (C=O) groups is 1. The van der Waals surface area contributed by atoms with Crippen LogP contribution in [-0.2, 0) is 17.9 Å². The van der Waals surface area contributed by atoms with E-state index in [4.69, 9.17) is 32.7 Å². The van der Waals surface area contributed by atoms with Gasteiger partial charge in [0.05, 0.1) is 47.6 Å². The Morgan fingerprint density at radius 3 is 2.32 bits per heavy atom. The smallest absolute Gasteiger partial charge is 0.406 e. The first-order valence-electron chi connectivity index (χ1n) is 9.60. The first-order chi connectivity index (χ1) is 16.0. The molecule has 2 heterocycles.